The first-order chi connectivity index (χ1) is 11.1. The molecule has 2 atom stereocenters. The SMILES string of the molecule is CC1NCCCC1NC(=O)c1ccc(CSc2nccn2C)o1. The molecular weight excluding hydrogens is 312 g/mol. The number of rotatable bonds is 5. The molecule has 1 aliphatic heterocycles. The van der Waals surface area contributed by atoms with Gasteiger partial charge in [0.15, 0.2) is 10.9 Å². The highest BCUT2D eigenvalue weighted by Gasteiger charge is 2.24. The zero-order chi connectivity index (χ0) is 16.2. The van der Waals surface area contributed by atoms with Crippen LogP contribution in [0, 0.1) is 0 Å². The van der Waals surface area contributed by atoms with E-state index in [1.807, 2.05) is 23.9 Å². The third kappa shape index (κ3) is 3.97. The van der Waals surface area contributed by atoms with Crippen LogP contribution in [0.4, 0.5) is 0 Å². The van der Waals surface area contributed by atoms with E-state index in [0.717, 1.165) is 30.3 Å². The van der Waals surface area contributed by atoms with Crippen LogP contribution in [0.1, 0.15) is 36.1 Å². The molecule has 0 bridgehead atoms. The average molecular weight is 334 g/mol. The molecule has 2 aromatic rings. The van der Waals surface area contributed by atoms with Crippen LogP contribution in [-0.4, -0.2) is 34.1 Å². The summed E-state index contributed by atoms with van der Waals surface area (Å²) in [5.74, 6) is 1.66. The third-order valence-corrected chi connectivity index (χ3v) is 5.16. The second kappa shape index (κ2) is 7.23. The van der Waals surface area contributed by atoms with E-state index >= 15 is 0 Å². The van der Waals surface area contributed by atoms with Gasteiger partial charge in [-0.2, -0.15) is 0 Å². The van der Waals surface area contributed by atoms with Gasteiger partial charge in [0.25, 0.3) is 5.91 Å². The molecular formula is C16H22N4O2S. The highest BCUT2D eigenvalue weighted by atomic mass is 32.2. The number of nitrogens with one attached hydrogen (secondary N) is 2. The lowest BCUT2D eigenvalue weighted by Crippen LogP contribution is -2.51. The number of amides is 1. The largest absolute Gasteiger partial charge is 0.455 e. The molecule has 3 rings (SSSR count). The van der Waals surface area contributed by atoms with Crippen molar-refractivity contribution < 1.29 is 9.21 Å². The molecule has 0 radical (unpaired) electrons. The lowest BCUT2D eigenvalue weighted by molar-refractivity contribution is 0.0890. The predicted molar refractivity (Wildman–Crippen MR) is 89.4 cm³/mol. The van der Waals surface area contributed by atoms with Gasteiger partial charge in [0.2, 0.25) is 0 Å². The van der Waals surface area contributed by atoms with Gasteiger partial charge in [0.05, 0.1) is 5.75 Å². The molecule has 2 N–H and O–H groups in total. The minimum absolute atomic E-state index is 0.140. The van der Waals surface area contributed by atoms with Crippen molar-refractivity contribution in [2.24, 2.45) is 7.05 Å². The molecule has 1 aliphatic rings. The van der Waals surface area contributed by atoms with Crippen molar-refractivity contribution >= 4 is 17.7 Å². The fourth-order valence-corrected chi connectivity index (χ4v) is 3.51. The monoisotopic (exact) mass is 334 g/mol. The summed E-state index contributed by atoms with van der Waals surface area (Å²) in [5.41, 5.74) is 0. The molecule has 0 aromatic carbocycles. The maximum Gasteiger partial charge on any atom is 0.287 e. The molecule has 2 aromatic heterocycles. The summed E-state index contributed by atoms with van der Waals surface area (Å²) in [7, 11) is 1.95. The lowest BCUT2D eigenvalue weighted by atomic mass is 10.00. The topological polar surface area (TPSA) is 72.1 Å². The lowest BCUT2D eigenvalue weighted by Gasteiger charge is -2.30. The number of aromatic nitrogens is 2. The van der Waals surface area contributed by atoms with Crippen molar-refractivity contribution in [3.8, 4) is 0 Å². The third-order valence-electron chi connectivity index (χ3n) is 4.08. The fourth-order valence-electron chi connectivity index (χ4n) is 2.68. The number of hydrogen-bond donors (Lipinski definition) is 2. The summed E-state index contributed by atoms with van der Waals surface area (Å²) in [5, 5.41) is 7.36. The van der Waals surface area contributed by atoms with Gasteiger partial charge in [0.1, 0.15) is 5.76 Å². The Labute approximate surface area is 140 Å². The van der Waals surface area contributed by atoms with Gasteiger partial charge in [-0.25, -0.2) is 4.98 Å². The predicted octanol–water partition coefficient (Wildman–Crippen LogP) is 2.18. The molecule has 1 fully saturated rings. The Balaban J connectivity index is 1.55. The highest BCUT2D eigenvalue weighted by Crippen LogP contribution is 2.22. The van der Waals surface area contributed by atoms with Crippen LogP contribution < -0.4 is 10.6 Å². The second-order valence-corrected chi connectivity index (χ2v) is 6.78. The number of aryl methyl sites for hydroxylation is 1. The summed E-state index contributed by atoms with van der Waals surface area (Å²) < 4.78 is 7.63. The molecule has 0 spiro atoms. The highest BCUT2D eigenvalue weighted by molar-refractivity contribution is 7.98. The van der Waals surface area contributed by atoms with E-state index < -0.39 is 0 Å². The van der Waals surface area contributed by atoms with Crippen molar-refractivity contribution in [3.05, 3.63) is 36.0 Å². The van der Waals surface area contributed by atoms with E-state index in [1.165, 1.54) is 0 Å². The second-order valence-electron chi connectivity index (χ2n) is 5.84. The van der Waals surface area contributed by atoms with Crippen LogP contribution in [0.2, 0.25) is 0 Å². The average Bonchev–Trinajstić information content (AvgIpc) is 3.16. The van der Waals surface area contributed by atoms with Crippen LogP contribution in [0.5, 0.6) is 0 Å². The van der Waals surface area contributed by atoms with Gasteiger partial charge in [-0.15, -0.1) is 0 Å². The number of nitrogens with zero attached hydrogens (tertiary/aromatic N) is 2. The maximum absolute atomic E-state index is 12.3. The zero-order valence-corrected chi connectivity index (χ0v) is 14.2. The zero-order valence-electron chi connectivity index (χ0n) is 13.4. The smallest absolute Gasteiger partial charge is 0.287 e. The Morgan fingerprint density at radius 1 is 1.57 bits per heavy atom. The Kier molecular flexibility index (Phi) is 5.07. The molecule has 23 heavy (non-hydrogen) atoms. The molecule has 7 heteroatoms. The van der Waals surface area contributed by atoms with Crippen LogP contribution in [0.25, 0.3) is 0 Å². The van der Waals surface area contributed by atoms with Crippen LogP contribution in [-0.2, 0) is 12.8 Å². The Hall–Kier alpha value is -1.73. The van der Waals surface area contributed by atoms with Crippen LogP contribution in [0.15, 0.2) is 34.1 Å². The van der Waals surface area contributed by atoms with Crippen LogP contribution in [0.3, 0.4) is 0 Å². The van der Waals surface area contributed by atoms with E-state index in [9.17, 15) is 4.79 Å². The van der Waals surface area contributed by atoms with Crippen molar-refractivity contribution in [2.45, 2.75) is 42.8 Å². The molecule has 1 amide bonds. The van der Waals surface area contributed by atoms with E-state index in [0.29, 0.717) is 17.6 Å². The van der Waals surface area contributed by atoms with Gasteiger partial charge in [-0.3, -0.25) is 4.79 Å². The fraction of sp³-hybridized carbons (Fsp3) is 0.500. The number of furan rings is 1. The van der Waals surface area contributed by atoms with E-state index in [4.69, 9.17) is 4.42 Å². The van der Waals surface area contributed by atoms with Gasteiger partial charge in [-0.1, -0.05) is 11.8 Å². The summed E-state index contributed by atoms with van der Waals surface area (Å²) >= 11 is 1.58. The number of carbonyl (C=O) groups is 1. The van der Waals surface area contributed by atoms with Crippen molar-refractivity contribution in [2.75, 3.05) is 6.54 Å². The van der Waals surface area contributed by atoms with E-state index in [-0.39, 0.29) is 11.9 Å². The van der Waals surface area contributed by atoms with Crippen molar-refractivity contribution in [1.29, 1.82) is 0 Å². The van der Waals surface area contributed by atoms with E-state index in [2.05, 4.69) is 22.5 Å². The van der Waals surface area contributed by atoms with Crippen molar-refractivity contribution in [1.82, 2.24) is 20.2 Å². The Morgan fingerprint density at radius 3 is 3.17 bits per heavy atom. The number of imidazole rings is 1. The molecule has 0 aliphatic carbocycles. The summed E-state index contributed by atoms with van der Waals surface area (Å²) in [6.07, 6.45) is 5.76. The van der Waals surface area contributed by atoms with Gasteiger partial charge in [0, 0.05) is 31.5 Å². The van der Waals surface area contributed by atoms with Gasteiger partial charge in [-0.05, 0) is 38.4 Å². The first kappa shape index (κ1) is 16.1. The number of thioether (sulfide) groups is 1. The summed E-state index contributed by atoms with van der Waals surface area (Å²) in [6, 6.07) is 4.05. The number of carbonyl (C=O) groups excluding carboxylic acids is 1. The van der Waals surface area contributed by atoms with Crippen molar-refractivity contribution in [3.63, 3.8) is 0 Å². The standard InChI is InChI=1S/C16H22N4O2S/c1-11-13(4-3-7-17-11)19-15(21)14-6-5-12(22-14)10-23-16-18-8-9-20(16)2/h5-6,8-9,11,13,17H,3-4,7,10H2,1-2H3,(H,19,21). The van der Waals surface area contributed by atoms with Gasteiger partial charge < -0.3 is 19.6 Å². The Bertz CT molecular complexity index is 667. The molecule has 1 saturated heterocycles. The molecule has 0 saturated carbocycles. The minimum atomic E-state index is -0.140. The first-order valence-corrected chi connectivity index (χ1v) is 8.85. The molecule has 124 valence electrons. The van der Waals surface area contributed by atoms with Gasteiger partial charge >= 0.3 is 0 Å². The normalized spacial score (nSPS) is 21.3. The molecule has 6 nitrogen and oxygen atoms in total. The quantitative estimate of drug-likeness (QED) is 0.820. The first-order valence-electron chi connectivity index (χ1n) is 7.86. The Morgan fingerprint density at radius 2 is 2.43 bits per heavy atom. The number of hydrogen-bond acceptors (Lipinski definition) is 5. The minimum Gasteiger partial charge on any atom is -0.455 e. The van der Waals surface area contributed by atoms with E-state index in [1.54, 1.807) is 24.0 Å². The molecule has 2 unspecified atom stereocenters. The maximum atomic E-state index is 12.3. The van der Waals surface area contributed by atoms with Crippen LogP contribution >= 0.6 is 11.8 Å². The number of piperidine rings is 1. The summed E-state index contributed by atoms with van der Waals surface area (Å²) in [4.78, 5) is 16.6. The molecule has 3 heterocycles. The summed E-state index contributed by atoms with van der Waals surface area (Å²) in [6.45, 7) is 3.12.